The van der Waals surface area contributed by atoms with Crippen molar-refractivity contribution >= 4 is 11.9 Å². The number of allylic oxidation sites excluding steroid dienone is 9. The molecule has 1 heterocycles. The van der Waals surface area contributed by atoms with Gasteiger partial charge in [0, 0.05) is 12.8 Å². The molecule has 7 unspecified atom stereocenters. The summed E-state index contributed by atoms with van der Waals surface area (Å²) in [6.45, 7) is 4.21. The number of esters is 1. The van der Waals surface area contributed by atoms with E-state index in [0.717, 1.165) is 109 Å². The zero-order valence-electron chi connectivity index (χ0n) is 43.8. The van der Waals surface area contributed by atoms with Gasteiger partial charge in [0.05, 0.1) is 32.0 Å². The Balaban J connectivity index is 2.10. The van der Waals surface area contributed by atoms with E-state index in [4.69, 9.17) is 14.2 Å². The molecule has 0 saturated carbocycles. The highest BCUT2D eigenvalue weighted by molar-refractivity contribution is 5.76. The number of carbonyl (C=O) groups excluding carboxylic acids is 2. The van der Waals surface area contributed by atoms with Gasteiger partial charge in [-0.1, -0.05) is 177 Å². The molecule has 7 atom stereocenters. The lowest BCUT2D eigenvalue weighted by Gasteiger charge is -2.40. The zero-order valence-corrected chi connectivity index (χ0v) is 43.8. The average molecular weight is 974 g/mol. The first kappa shape index (κ1) is 64.4. The lowest BCUT2D eigenvalue weighted by molar-refractivity contribution is -0.302. The highest BCUT2D eigenvalue weighted by Gasteiger charge is 2.44. The van der Waals surface area contributed by atoms with Gasteiger partial charge in [-0.15, -0.1) is 0 Å². The van der Waals surface area contributed by atoms with Gasteiger partial charge >= 0.3 is 5.97 Å². The van der Waals surface area contributed by atoms with Gasteiger partial charge in [-0.2, -0.15) is 0 Å². The monoisotopic (exact) mass is 974 g/mol. The average Bonchev–Trinajstić information content (AvgIpc) is 3.34. The van der Waals surface area contributed by atoms with E-state index in [2.05, 4.69) is 67.8 Å². The largest absolute Gasteiger partial charge is 0.466 e. The summed E-state index contributed by atoms with van der Waals surface area (Å²) in [4.78, 5) is 25.0. The number of ether oxygens (including phenoxy) is 3. The van der Waals surface area contributed by atoms with E-state index >= 15 is 0 Å². The minimum absolute atomic E-state index is 0.0475. The summed E-state index contributed by atoms with van der Waals surface area (Å²) in [5.74, 6) is -0.250. The van der Waals surface area contributed by atoms with Crippen LogP contribution in [0, 0.1) is 0 Å². The topological polar surface area (TPSA) is 175 Å². The zero-order chi connectivity index (χ0) is 50.3. The third-order valence-electron chi connectivity index (χ3n) is 12.8. The Morgan fingerprint density at radius 2 is 0.971 bits per heavy atom. The number of nitrogens with one attached hydrogen (secondary N) is 1. The summed E-state index contributed by atoms with van der Waals surface area (Å²) in [5, 5.41) is 54.1. The fraction of sp³-hybridized carbons (Fsp3) is 0.793. The molecule has 11 nitrogen and oxygen atoms in total. The minimum atomic E-state index is -1.58. The molecular formula is C58H103NO10. The van der Waals surface area contributed by atoms with Gasteiger partial charge in [0.25, 0.3) is 0 Å². The van der Waals surface area contributed by atoms with Crippen molar-refractivity contribution in [2.45, 2.75) is 275 Å². The van der Waals surface area contributed by atoms with Crippen molar-refractivity contribution in [1.82, 2.24) is 5.32 Å². The molecule has 0 aromatic rings. The standard InChI is InChI=1S/C58H103NO10/c1-3-5-7-9-11-13-14-15-19-23-26-30-34-38-42-46-54(63)67-47-43-39-35-31-27-24-21-18-16-17-20-22-25-29-33-37-41-45-53(62)59-50(51(61)44-40-36-32-28-12-10-8-6-4-2)49-68-58-57(66)56(65)55(64)52(48-60)69-58/h11,13,15-16,18-19,24,27,40,44,50-52,55-58,60-61,64-66H,3-10,12,14,17,20-23,25-26,28-39,41-43,45-49H2,1-2H3,(H,59,62)/b13-11-,18-16-,19-15-,27-24-,44-40+. The molecule has 1 fully saturated rings. The second-order valence-electron chi connectivity index (χ2n) is 19.3. The van der Waals surface area contributed by atoms with E-state index in [1.807, 2.05) is 6.08 Å². The second-order valence-corrected chi connectivity index (χ2v) is 19.3. The molecule has 400 valence electrons. The molecule has 0 radical (unpaired) electrons. The maximum atomic E-state index is 13.0. The molecule has 1 aliphatic heterocycles. The number of rotatable bonds is 47. The Labute approximate surface area is 420 Å². The van der Waals surface area contributed by atoms with Crippen LogP contribution in [0.2, 0.25) is 0 Å². The molecule has 0 aromatic carbocycles. The Bertz CT molecular complexity index is 1330. The van der Waals surface area contributed by atoms with Gasteiger partial charge in [-0.25, -0.2) is 0 Å². The van der Waals surface area contributed by atoms with E-state index in [0.29, 0.717) is 19.4 Å². The number of aliphatic hydroxyl groups excluding tert-OH is 5. The SMILES string of the molecule is CCCCC/C=C\C/C=C\CCCCCCCC(=O)OCCCCC/C=C\C/C=C\CCCCCCCCCC(=O)NC(COC1OC(CO)C(O)C(O)C1O)C(O)/C=C/CCCCCCCCC. The van der Waals surface area contributed by atoms with Gasteiger partial charge in [-0.05, 0) is 103 Å². The highest BCUT2D eigenvalue weighted by atomic mass is 16.7. The van der Waals surface area contributed by atoms with Crippen LogP contribution in [0.3, 0.4) is 0 Å². The van der Waals surface area contributed by atoms with Crippen molar-refractivity contribution < 1.29 is 49.3 Å². The Hall–Kier alpha value is -2.64. The quantitative estimate of drug-likeness (QED) is 0.0196. The van der Waals surface area contributed by atoms with Crippen LogP contribution < -0.4 is 5.32 Å². The molecule has 11 heteroatoms. The van der Waals surface area contributed by atoms with Crippen molar-refractivity contribution in [3.05, 3.63) is 60.8 Å². The first-order valence-corrected chi connectivity index (χ1v) is 28.1. The van der Waals surface area contributed by atoms with Gasteiger partial charge < -0.3 is 45.1 Å². The van der Waals surface area contributed by atoms with Gasteiger partial charge in [0.1, 0.15) is 24.4 Å². The normalized spacial score (nSPS) is 19.8. The van der Waals surface area contributed by atoms with Gasteiger partial charge in [0.2, 0.25) is 5.91 Å². The Morgan fingerprint density at radius 3 is 1.49 bits per heavy atom. The summed E-state index contributed by atoms with van der Waals surface area (Å²) in [6, 6.07) is -0.822. The lowest BCUT2D eigenvalue weighted by atomic mass is 9.99. The van der Waals surface area contributed by atoms with Crippen LogP contribution in [-0.2, 0) is 23.8 Å². The molecule has 1 aliphatic rings. The third kappa shape index (κ3) is 37.8. The number of amides is 1. The van der Waals surface area contributed by atoms with Crippen molar-refractivity contribution in [2.75, 3.05) is 19.8 Å². The lowest BCUT2D eigenvalue weighted by Crippen LogP contribution is -2.60. The fourth-order valence-corrected chi connectivity index (χ4v) is 8.32. The van der Waals surface area contributed by atoms with Crippen LogP contribution in [0.5, 0.6) is 0 Å². The molecule has 69 heavy (non-hydrogen) atoms. The maximum Gasteiger partial charge on any atom is 0.305 e. The van der Waals surface area contributed by atoms with Crippen LogP contribution in [0.1, 0.15) is 232 Å². The van der Waals surface area contributed by atoms with Crippen molar-refractivity contribution in [3.8, 4) is 0 Å². The molecule has 0 aromatic heterocycles. The van der Waals surface area contributed by atoms with E-state index in [9.17, 15) is 35.1 Å². The second kappa shape index (κ2) is 47.7. The van der Waals surface area contributed by atoms with Crippen molar-refractivity contribution in [3.63, 3.8) is 0 Å². The van der Waals surface area contributed by atoms with E-state index in [1.54, 1.807) is 6.08 Å². The predicted molar refractivity (Wildman–Crippen MR) is 283 cm³/mol. The summed E-state index contributed by atoms with van der Waals surface area (Å²) < 4.78 is 16.6. The Morgan fingerprint density at radius 1 is 0.536 bits per heavy atom. The fourth-order valence-electron chi connectivity index (χ4n) is 8.32. The molecule has 0 bridgehead atoms. The van der Waals surface area contributed by atoms with Gasteiger partial charge in [-0.3, -0.25) is 9.59 Å². The molecular weight excluding hydrogens is 871 g/mol. The molecule has 0 spiro atoms. The first-order valence-electron chi connectivity index (χ1n) is 28.1. The number of hydrogen-bond acceptors (Lipinski definition) is 10. The van der Waals surface area contributed by atoms with Crippen LogP contribution in [0.4, 0.5) is 0 Å². The highest BCUT2D eigenvalue weighted by Crippen LogP contribution is 2.23. The maximum absolute atomic E-state index is 13.0. The third-order valence-corrected chi connectivity index (χ3v) is 12.8. The van der Waals surface area contributed by atoms with Crippen LogP contribution in [0.25, 0.3) is 0 Å². The number of hydrogen-bond donors (Lipinski definition) is 6. The summed E-state index contributed by atoms with van der Waals surface area (Å²) in [5.41, 5.74) is 0. The van der Waals surface area contributed by atoms with Crippen LogP contribution in [0.15, 0.2) is 60.8 Å². The molecule has 0 aliphatic carbocycles. The van der Waals surface area contributed by atoms with E-state index in [-0.39, 0.29) is 18.5 Å². The van der Waals surface area contributed by atoms with Crippen LogP contribution in [-0.4, -0.2) is 100 Å². The molecule has 1 saturated heterocycles. The van der Waals surface area contributed by atoms with Crippen molar-refractivity contribution in [2.24, 2.45) is 0 Å². The summed E-state index contributed by atoms with van der Waals surface area (Å²) in [6.07, 6.45) is 50.3. The predicted octanol–water partition coefficient (Wildman–Crippen LogP) is 12.3. The number of carbonyl (C=O) groups is 2. The molecule has 1 rings (SSSR count). The smallest absolute Gasteiger partial charge is 0.305 e. The summed E-state index contributed by atoms with van der Waals surface area (Å²) >= 11 is 0. The minimum Gasteiger partial charge on any atom is -0.466 e. The van der Waals surface area contributed by atoms with E-state index in [1.165, 1.54) is 96.3 Å². The summed E-state index contributed by atoms with van der Waals surface area (Å²) in [7, 11) is 0. The number of aliphatic hydroxyl groups is 5. The molecule has 1 amide bonds. The molecule has 6 N–H and O–H groups in total. The number of unbranched alkanes of at least 4 members (excludes halogenated alkanes) is 25. The Kier molecular flexibility index (Phi) is 44.5. The van der Waals surface area contributed by atoms with Crippen molar-refractivity contribution in [1.29, 1.82) is 0 Å². The van der Waals surface area contributed by atoms with E-state index < -0.39 is 49.5 Å². The first-order chi connectivity index (χ1) is 33.7. The van der Waals surface area contributed by atoms with Gasteiger partial charge in [0.15, 0.2) is 6.29 Å². The van der Waals surface area contributed by atoms with Crippen LogP contribution >= 0.6 is 0 Å².